The lowest BCUT2D eigenvalue weighted by Gasteiger charge is -2.22. The molecule has 2 rings (SSSR count). The number of hydrogen-bond donors (Lipinski definition) is 0. The Morgan fingerprint density at radius 2 is 1.44 bits per heavy atom. The molecule has 0 aliphatic carbocycles. The molecule has 1 unspecified atom stereocenters. The average molecular weight is 336 g/mol. The zero-order valence-electron chi connectivity index (χ0n) is 14.3. The summed E-state index contributed by atoms with van der Waals surface area (Å²) >= 11 is 0. The smallest absolute Gasteiger partial charge is 0.323 e. The number of allylic oxidation sites excluding steroid dienone is 1. The van der Waals surface area contributed by atoms with Crippen LogP contribution in [-0.2, 0) is 9.53 Å². The van der Waals surface area contributed by atoms with Crippen molar-refractivity contribution in [2.75, 3.05) is 6.61 Å². The Morgan fingerprint density at radius 3 is 1.96 bits per heavy atom. The minimum Gasteiger partial charge on any atom is -0.465 e. The highest BCUT2D eigenvalue weighted by atomic mass is 16.5. The summed E-state index contributed by atoms with van der Waals surface area (Å²) in [5, 5.41) is 0. The van der Waals surface area contributed by atoms with E-state index >= 15 is 0 Å². The van der Waals surface area contributed by atoms with Crippen LogP contribution < -0.4 is 0 Å². The summed E-state index contributed by atoms with van der Waals surface area (Å²) in [6.07, 6.45) is 2.59. The molecule has 4 heteroatoms. The first-order valence-corrected chi connectivity index (χ1v) is 8.04. The van der Waals surface area contributed by atoms with Crippen LogP contribution in [0.15, 0.2) is 72.8 Å². The molecule has 0 bridgehead atoms. The fraction of sp³-hybridized carbons (Fsp3) is 0.190. The molecule has 128 valence electrons. The molecule has 0 heterocycles. The van der Waals surface area contributed by atoms with Crippen LogP contribution in [-0.4, -0.2) is 24.1 Å². The van der Waals surface area contributed by atoms with Gasteiger partial charge in [-0.15, -0.1) is 0 Å². The number of carbonyl (C=O) groups excluding carboxylic acids is 3. The van der Waals surface area contributed by atoms with E-state index in [4.69, 9.17) is 4.74 Å². The summed E-state index contributed by atoms with van der Waals surface area (Å²) in [7, 11) is 0. The van der Waals surface area contributed by atoms with Gasteiger partial charge in [-0.2, -0.15) is 0 Å². The minimum absolute atomic E-state index is 0.150. The van der Waals surface area contributed by atoms with Crippen molar-refractivity contribution in [3.8, 4) is 0 Å². The van der Waals surface area contributed by atoms with Crippen LogP contribution in [0, 0.1) is 5.41 Å². The topological polar surface area (TPSA) is 60.4 Å². The molecule has 0 aliphatic rings. The summed E-state index contributed by atoms with van der Waals surface area (Å²) in [5.41, 5.74) is -0.700. The maximum Gasteiger partial charge on any atom is 0.323 e. The summed E-state index contributed by atoms with van der Waals surface area (Å²) in [4.78, 5) is 37.6. The first kappa shape index (κ1) is 18.3. The number of ketones is 2. The van der Waals surface area contributed by atoms with Crippen molar-refractivity contribution < 1.29 is 19.1 Å². The first-order chi connectivity index (χ1) is 12.0. The minimum atomic E-state index is -1.57. The molecule has 0 aliphatic heterocycles. The van der Waals surface area contributed by atoms with E-state index in [9.17, 15) is 14.4 Å². The average Bonchev–Trinajstić information content (AvgIpc) is 2.66. The van der Waals surface area contributed by atoms with Crippen molar-refractivity contribution in [3.05, 3.63) is 83.9 Å². The Morgan fingerprint density at radius 1 is 0.920 bits per heavy atom. The number of hydrogen-bond acceptors (Lipinski definition) is 4. The van der Waals surface area contributed by atoms with Crippen LogP contribution in [0.2, 0.25) is 0 Å². The van der Waals surface area contributed by atoms with Crippen molar-refractivity contribution in [2.24, 2.45) is 5.41 Å². The van der Waals surface area contributed by atoms with Crippen molar-refractivity contribution in [1.29, 1.82) is 0 Å². The van der Waals surface area contributed by atoms with Gasteiger partial charge in [0.05, 0.1) is 6.61 Å². The molecule has 2 aromatic rings. The van der Waals surface area contributed by atoms with Gasteiger partial charge >= 0.3 is 5.97 Å². The lowest BCUT2D eigenvalue weighted by Crippen LogP contribution is -2.36. The highest BCUT2D eigenvalue weighted by Gasteiger charge is 2.40. The molecule has 1 atom stereocenters. The Hall–Kier alpha value is -3.01. The maximum absolute atomic E-state index is 12.9. The number of Topliss-reactive ketones (excluding diaryl/α,β-unsaturated/α-hetero) is 1. The molecule has 0 amide bonds. The third-order valence-corrected chi connectivity index (χ3v) is 3.83. The maximum atomic E-state index is 12.9. The molecule has 0 fully saturated rings. The number of ether oxygens (including phenoxy) is 1. The molecule has 4 nitrogen and oxygen atoms in total. The number of rotatable bonds is 7. The van der Waals surface area contributed by atoms with Crippen LogP contribution >= 0.6 is 0 Å². The monoisotopic (exact) mass is 336 g/mol. The van der Waals surface area contributed by atoms with Crippen LogP contribution in [0.25, 0.3) is 0 Å². The van der Waals surface area contributed by atoms with Crippen molar-refractivity contribution in [1.82, 2.24) is 0 Å². The second kappa shape index (κ2) is 8.20. The molecular formula is C21H20O4. The van der Waals surface area contributed by atoms with Crippen LogP contribution in [0.5, 0.6) is 0 Å². The standard InChI is InChI=1S/C21H20O4/c1-3-25-20(24)21(2,19(23)17-12-8-5-9-13-17)15-14-18(22)16-10-6-4-7-11-16/h4-15H,3H2,1-2H3. The lowest BCUT2D eigenvalue weighted by molar-refractivity contribution is -0.149. The normalized spacial score (nSPS) is 13.2. The molecule has 0 saturated heterocycles. The van der Waals surface area contributed by atoms with Gasteiger partial charge in [0.25, 0.3) is 0 Å². The van der Waals surface area contributed by atoms with E-state index in [2.05, 4.69) is 0 Å². The van der Waals surface area contributed by atoms with E-state index in [1.807, 2.05) is 6.07 Å². The molecule has 0 radical (unpaired) electrons. The highest BCUT2D eigenvalue weighted by molar-refractivity contribution is 6.15. The fourth-order valence-corrected chi connectivity index (χ4v) is 2.35. The Balaban J connectivity index is 2.35. The zero-order valence-corrected chi connectivity index (χ0v) is 14.3. The van der Waals surface area contributed by atoms with E-state index in [0.717, 1.165) is 0 Å². The molecule has 0 N–H and O–H groups in total. The second-order valence-electron chi connectivity index (χ2n) is 5.68. The van der Waals surface area contributed by atoms with Gasteiger partial charge in [-0.05, 0) is 19.9 Å². The third kappa shape index (κ3) is 4.29. The summed E-state index contributed by atoms with van der Waals surface area (Å²) in [6, 6.07) is 17.1. The largest absolute Gasteiger partial charge is 0.465 e. The summed E-state index contributed by atoms with van der Waals surface area (Å²) in [6.45, 7) is 3.29. The number of esters is 1. The molecule has 0 aromatic heterocycles. The van der Waals surface area contributed by atoms with Gasteiger partial charge in [-0.3, -0.25) is 14.4 Å². The van der Waals surface area contributed by atoms with Gasteiger partial charge in [0.1, 0.15) is 5.41 Å². The van der Waals surface area contributed by atoms with Crippen molar-refractivity contribution in [2.45, 2.75) is 13.8 Å². The lowest BCUT2D eigenvalue weighted by atomic mass is 9.81. The zero-order chi connectivity index (χ0) is 18.3. The van der Waals surface area contributed by atoms with Gasteiger partial charge in [-0.1, -0.05) is 66.7 Å². The van der Waals surface area contributed by atoms with Crippen LogP contribution in [0.1, 0.15) is 34.6 Å². The predicted molar refractivity (Wildman–Crippen MR) is 95.4 cm³/mol. The first-order valence-electron chi connectivity index (χ1n) is 8.04. The molecule has 25 heavy (non-hydrogen) atoms. The SMILES string of the molecule is CCOC(=O)C(C)(C=CC(=O)c1ccccc1)C(=O)c1ccccc1. The van der Waals surface area contributed by atoms with Crippen molar-refractivity contribution in [3.63, 3.8) is 0 Å². The Bertz CT molecular complexity index is 778. The van der Waals surface area contributed by atoms with E-state index < -0.39 is 17.2 Å². The Labute approximate surface area is 147 Å². The number of benzene rings is 2. The van der Waals surface area contributed by atoms with Gasteiger partial charge in [0.2, 0.25) is 0 Å². The summed E-state index contributed by atoms with van der Waals surface area (Å²) in [5.74, 6) is -1.37. The van der Waals surface area contributed by atoms with Crippen LogP contribution in [0.4, 0.5) is 0 Å². The van der Waals surface area contributed by atoms with Crippen molar-refractivity contribution >= 4 is 17.5 Å². The molecule has 2 aromatic carbocycles. The van der Waals surface area contributed by atoms with Gasteiger partial charge in [0.15, 0.2) is 11.6 Å². The molecule has 0 spiro atoms. The van der Waals surface area contributed by atoms with Gasteiger partial charge in [0, 0.05) is 11.1 Å². The van der Waals surface area contributed by atoms with E-state index in [1.54, 1.807) is 61.5 Å². The molecule has 0 saturated carbocycles. The third-order valence-electron chi connectivity index (χ3n) is 3.83. The highest BCUT2D eigenvalue weighted by Crippen LogP contribution is 2.27. The van der Waals surface area contributed by atoms with E-state index in [-0.39, 0.29) is 12.4 Å². The number of carbonyl (C=O) groups is 3. The van der Waals surface area contributed by atoms with E-state index in [1.165, 1.54) is 19.1 Å². The van der Waals surface area contributed by atoms with Crippen LogP contribution in [0.3, 0.4) is 0 Å². The second-order valence-corrected chi connectivity index (χ2v) is 5.68. The summed E-state index contributed by atoms with van der Waals surface area (Å²) < 4.78 is 5.07. The quantitative estimate of drug-likeness (QED) is 0.333. The van der Waals surface area contributed by atoms with E-state index in [0.29, 0.717) is 11.1 Å². The fourth-order valence-electron chi connectivity index (χ4n) is 2.35. The van der Waals surface area contributed by atoms with Gasteiger partial charge < -0.3 is 4.74 Å². The Kier molecular flexibility index (Phi) is 6.01. The molecular weight excluding hydrogens is 316 g/mol. The predicted octanol–water partition coefficient (Wildman–Crippen LogP) is 3.88. The van der Waals surface area contributed by atoms with Gasteiger partial charge in [-0.25, -0.2) is 0 Å².